The number of nitrogens with one attached hydrogen (secondary N) is 2. The van der Waals surface area contributed by atoms with Gasteiger partial charge in [0.15, 0.2) is 11.6 Å². The maximum Gasteiger partial charge on any atom is 0.165 e. The minimum Gasteiger partial charge on any atom is -0.494 e. The van der Waals surface area contributed by atoms with Gasteiger partial charge in [-0.05, 0) is 18.2 Å². The Morgan fingerprint density at radius 2 is 2.25 bits per heavy atom. The first-order chi connectivity index (χ1) is 9.69. The van der Waals surface area contributed by atoms with Crippen LogP contribution in [0, 0.1) is 10.5 Å². The first-order valence-corrected chi connectivity index (χ1v) is 6.76. The molecule has 1 aliphatic heterocycles. The average molecular weight is 291 g/mol. The molecule has 2 heterocycles. The highest BCUT2D eigenvalue weighted by Gasteiger charge is 2.14. The summed E-state index contributed by atoms with van der Waals surface area (Å²) in [5.41, 5.74) is 2.90. The van der Waals surface area contributed by atoms with Gasteiger partial charge in [-0.25, -0.2) is 9.37 Å². The molecule has 1 aromatic carbocycles. The molecule has 0 saturated carbocycles. The van der Waals surface area contributed by atoms with Crippen LogP contribution in [-0.4, -0.2) is 23.6 Å². The number of ether oxygens (including phenoxy) is 1. The van der Waals surface area contributed by atoms with Crippen molar-refractivity contribution < 1.29 is 9.13 Å². The number of rotatable bonds is 2. The van der Waals surface area contributed by atoms with Crippen LogP contribution in [0.1, 0.15) is 11.3 Å². The molecule has 20 heavy (non-hydrogen) atoms. The fraction of sp³-hybridized carbons (Fsp3) is 0.286. The molecule has 0 saturated heterocycles. The SMILES string of the molecule is COc1cc(-c2nc(=S)c3c([nH]2)CCNC3)ccc1F. The Kier molecular flexibility index (Phi) is 3.50. The van der Waals surface area contributed by atoms with Crippen LogP contribution in [0.5, 0.6) is 5.75 Å². The van der Waals surface area contributed by atoms with Gasteiger partial charge in [0, 0.05) is 36.3 Å². The molecule has 1 aliphatic rings. The lowest BCUT2D eigenvalue weighted by Gasteiger charge is -2.17. The molecule has 0 aliphatic carbocycles. The molecule has 2 aromatic rings. The van der Waals surface area contributed by atoms with Gasteiger partial charge in [0.1, 0.15) is 10.5 Å². The molecule has 0 fully saturated rings. The molecule has 0 bridgehead atoms. The molecule has 0 spiro atoms. The van der Waals surface area contributed by atoms with Gasteiger partial charge >= 0.3 is 0 Å². The lowest BCUT2D eigenvalue weighted by atomic mass is 10.1. The molecule has 0 atom stereocenters. The van der Waals surface area contributed by atoms with Gasteiger partial charge in [-0.15, -0.1) is 0 Å². The summed E-state index contributed by atoms with van der Waals surface area (Å²) >= 11 is 5.34. The third kappa shape index (κ3) is 2.32. The molecular weight excluding hydrogens is 277 g/mol. The number of fused-ring (bicyclic) bond motifs is 1. The smallest absolute Gasteiger partial charge is 0.165 e. The van der Waals surface area contributed by atoms with Crippen molar-refractivity contribution in [1.29, 1.82) is 0 Å². The second kappa shape index (κ2) is 5.30. The van der Waals surface area contributed by atoms with Crippen LogP contribution in [0.2, 0.25) is 0 Å². The van der Waals surface area contributed by atoms with Crippen molar-refractivity contribution in [3.8, 4) is 17.1 Å². The highest BCUT2D eigenvalue weighted by molar-refractivity contribution is 7.71. The van der Waals surface area contributed by atoms with Crippen molar-refractivity contribution in [2.24, 2.45) is 0 Å². The molecule has 4 nitrogen and oxygen atoms in total. The number of H-pyrrole nitrogens is 1. The Labute approximate surface area is 121 Å². The average Bonchev–Trinajstić information content (AvgIpc) is 2.47. The minimum absolute atomic E-state index is 0.197. The van der Waals surface area contributed by atoms with E-state index in [1.165, 1.54) is 13.2 Å². The molecular formula is C14H14FN3OS. The van der Waals surface area contributed by atoms with Gasteiger partial charge < -0.3 is 15.0 Å². The fourth-order valence-corrected chi connectivity index (χ4v) is 2.60. The zero-order chi connectivity index (χ0) is 14.1. The number of aromatic nitrogens is 2. The van der Waals surface area contributed by atoms with E-state index in [0.717, 1.165) is 36.3 Å². The highest BCUT2D eigenvalue weighted by Crippen LogP contribution is 2.25. The first kappa shape index (κ1) is 13.2. The third-order valence-corrected chi connectivity index (χ3v) is 3.72. The topological polar surface area (TPSA) is 49.9 Å². The van der Waals surface area contributed by atoms with E-state index in [1.807, 2.05) is 0 Å². The molecule has 104 valence electrons. The summed E-state index contributed by atoms with van der Waals surface area (Å²) in [5.74, 6) is 0.453. The summed E-state index contributed by atoms with van der Waals surface area (Å²) in [6.45, 7) is 1.65. The molecule has 2 N–H and O–H groups in total. The predicted octanol–water partition coefficient (Wildman–Crippen LogP) is 2.60. The van der Waals surface area contributed by atoms with Crippen LogP contribution in [0.3, 0.4) is 0 Å². The largest absolute Gasteiger partial charge is 0.494 e. The summed E-state index contributed by atoms with van der Waals surface area (Å²) in [6.07, 6.45) is 0.882. The van der Waals surface area contributed by atoms with Crippen LogP contribution in [0.15, 0.2) is 18.2 Å². The third-order valence-electron chi connectivity index (χ3n) is 3.38. The Morgan fingerprint density at radius 3 is 3.05 bits per heavy atom. The van der Waals surface area contributed by atoms with Gasteiger partial charge in [0.05, 0.1) is 7.11 Å². The normalized spacial score (nSPS) is 13.9. The zero-order valence-electron chi connectivity index (χ0n) is 11.0. The summed E-state index contributed by atoms with van der Waals surface area (Å²) in [6, 6.07) is 4.66. The van der Waals surface area contributed by atoms with E-state index < -0.39 is 5.82 Å². The van der Waals surface area contributed by atoms with Crippen LogP contribution < -0.4 is 10.1 Å². The summed E-state index contributed by atoms with van der Waals surface area (Å²) in [7, 11) is 1.44. The number of aromatic amines is 1. The standard InChI is InChI=1S/C14H14FN3OS/c1-19-12-6-8(2-3-10(12)15)13-17-11-4-5-16-7-9(11)14(20)18-13/h2-3,6,16H,4-5,7H2,1H3,(H,17,18,20). The second-order valence-electron chi connectivity index (χ2n) is 4.62. The Bertz CT molecular complexity index is 714. The van der Waals surface area contributed by atoms with E-state index in [9.17, 15) is 4.39 Å². The molecule has 0 radical (unpaired) electrons. The lowest BCUT2D eigenvalue weighted by Crippen LogP contribution is -2.25. The van der Waals surface area contributed by atoms with Crippen molar-refractivity contribution in [2.75, 3.05) is 13.7 Å². The minimum atomic E-state index is -0.392. The van der Waals surface area contributed by atoms with E-state index in [0.29, 0.717) is 10.5 Å². The summed E-state index contributed by atoms with van der Waals surface area (Å²) in [5, 5.41) is 3.27. The Balaban J connectivity index is 2.11. The number of hydrogen-bond donors (Lipinski definition) is 2. The molecule has 0 amide bonds. The predicted molar refractivity (Wildman–Crippen MR) is 76.8 cm³/mol. The first-order valence-electron chi connectivity index (χ1n) is 6.35. The molecule has 1 aromatic heterocycles. The number of hydrogen-bond acceptors (Lipinski definition) is 4. The van der Waals surface area contributed by atoms with Crippen LogP contribution in [0.4, 0.5) is 4.39 Å². The fourth-order valence-electron chi connectivity index (χ4n) is 2.31. The lowest BCUT2D eigenvalue weighted by molar-refractivity contribution is 0.386. The summed E-state index contributed by atoms with van der Waals surface area (Å²) < 4.78 is 19.0. The van der Waals surface area contributed by atoms with Crippen molar-refractivity contribution >= 4 is 12.2 Å². The van der Waals surface area contributed by atoms with E-state index in [2.05, 4.69) is 15.3 Å². The van der Waals surface area contributed by atoms with Crippen LogP contribution in [0.25, 0.3) is 11.4 Å². The molecule has 3 rings (SSSR count). The van der Waals surface area contributed by atoms with Gasteiger partial charge in [0.25, 0.3) is 0 Å². The van der Waals surface area contributed by atoms with Gasteiger partial charge in [-0.3, -0.25) is 0 Å². The highest BCUT2D eigenvalue weighted by atomic mass is 32.1. The van der Waals surface area contributed by atoms with Crippen LogP contribution in [-0.2, 0) is 13.0 Å². The van der Waals surface area contributed by atoms with Crippen molar-refractivity contribution in [1.82, 2.24) is 15.3 Å². The number of benzene rings is 1. The van der Waals surface area contributed by atoms with E-state index in [4.69, 9.17) is 17.0 Å². The Morgan fingerprint density at radius 1 is 1.40 bits per heavy atom. The van der Waals surface area contributed by atoms with Crippen LogP contribution >= 0.6 is 12.2 Å². The summed E-state index contributed by atoms with van der Waals surface area (Å²) in [4.78, 5) is 7.70. The van der Waals surface area contributed by atoms with Crippen molar-refractivity contribution in [2.45, 2.75) is 13.0 Å². The second-order valence-corrected chi connectivity index (χ2v) is 5.01. The Hall–Kier alpha value is -1.79. The quantitative estimate of drug-likeness (QED) is 0.835. The van der Waals surface area contributed by atoms with Gasteiger partial charge in [-0.2, -0.15) is 0 Å². The van der Waals surface area contributed by atoms with Gasteiger partial charge in [0.2, 0.25) is 0 Å². The van der Waals surface area contributed by atoms with Crippen molar-refractivity contribution in [3.63, 3.8) is 0 Å². The number of nitrogens with zero attached hydrogens (tertiary/aromatic N) is 1. The zero-order valence-corrected chi connectivity index (χ0v) is 11.8. The molecule has 0 unspecified atom stereocenters. The number of halogens is 1. The van der Waals surface area contributed by atoms with Crippen molar-refractivity contribution in [3.05, 3.63) is 39.9 Å². The monoisotopic (exact) mass is 291 g/mol. The van der Waals surface area contributed by atoms with E-state index in [1.54, 1.807) is 12.1 Å². The maximum atomic E-state index is 13.5. The van der Waals surface area contributed by atoms with Gasteiger partial charge in [-0.1, -0.05) is 12.2 Å². The maximum absolute atomic E-state index is 13.5. The van der Waals surface area contributed by atoms with E-state index >= 15 is 0 Å². The number of methoxy groups -OCH3 is 1. The van der Waals surface area contributed by atoms with E-state index in [-0.39, 0.29) is 5.75 Å². The molecule has 6 heteroatoms.